The van der Waals surface area contributed by atoms with Crippen molar-refractivity contribution in [2.24, 2.45) is 17.3 Å². The molecule has 3 atom stereocenters. The van der Waals surface area contributed by atoms with Gasteiger partial charge in [0.1, 0.15) is 12.4 Å². The lowest BCUT2D eigenvalue weighted by molar-refractivity contribution is -0.130. The number of halogens is 1. The van der Waals surface area contributed by atoms with Gasteiger partial charge in [-0.15, -0.1) is 11.6 Å². The number of Topliss-reactive ketones (excluding diaryl/α,β-unsaturated/α-hetero) is 1. The molecular weight excluding hydrogens is 254 g/mol. The molecule has 0 aromatic rings. The molecule has 4 nitrogen and oxygen atoms in total. The molecule has 100 valence electrons. The second-order valence-corrected chi connectivity index (χ2v) is 5.47. The average Bonchev–Trinajstić information content (AvgIpc) is 2.94. The number of fused-ring (bicyclic) bond motifs is 2. The lowest BCUT2D eigenvalue weighted by atomic mass is 9.73. The van der Waals surface area contributed by atoms with Gasteiger partial charge in [0.2, 0.25) is 0 Å². The number of carbonyl (C=O) groups is 2. The van der Waals surface area contributed by atoms with Gasteiger partial charge in [0, 0.05) is 12.4 Å². The van der Waals surface area contributed by atoms with E-state index in [1.807, 2.05) is 0 Å². The molecule has 0 spiro atoms. The van der Waals surface area contributed by atoms with Crippen molar-refractivity contribution < 1.29 is 14.3 Å². The fourth-order valence-corrected chi connectivity index (χ4v) is 3.12. The normalized spacial score (nSPS) is 32.6. The molecule has 0 aromatic carbocycles. The van der Waals surface area contributed by atoms with Crippen molar-refractivity contribution in [2.45, 2.75) is 19.8 Å². The van der Waals surface area contributed by atoms with Crippen LogP contribution in [-0.2, 0) is 9.53 Å². The Kier molecular flexibility index (Phi) is 3.95. The molecule has 2 aliphatic carbocycles. The van der Waals surface area contributed by atoms with Crippen molar-refractivity contribution in [1.82, 2.24) is 5.32 Å². The van der Waals surface area contributed by atoms with Gasteiger partial charge in [-0.25, -0.2) is 4.79 Å². The summed E-state index contributed by atoms with van der Waals surface area (Å²) in [6.07, 6.45) is 5.57. The minimum atomic E-state index is -0.502. The van der Waals surface area contributed by atoms with E-state index in [2.05, 4.69) is 17.5 Å². The fraction of sp³-hybridized carbons (Fsp3) is 0.692. The molecule has 0 aliphatic heterocycles. The monoisotopic (exact) mass is 271 g/mol. The molecule has 1 N–H and O–H groups in total. The van der Waals surface area contributed by atoms with E-state index in [-0.39, 0.29) is 18.3 Å². The minimum absolute atomic E-state index is 0.115. The predicted octanol–water partition coefficient (Wildman–Crippen LogP) is 2.12. The van der Waals surface area contributed by atoms with E-state index in [1.165, 1.54) is 0 Å². The second-order valence-electron chi connectivity index (χ2n) is 5.10. The van der Waals surface area contributed by atoms with Crippen molar-refractivity contribution in [1.29, 1.82) is 0 Å². The number of rotatable bonds is 5. The standard InChI is InChI=1S/C13H18ClNO3/c1-9(16)13(7-10-2-3-11(13)6-10)8-18-12(17)15-5-4-14/h2-3,10-11H,4-8H2,1H3,(H,15,17). The van der Waals surface area contributed by atoms with Crippen LogP contribution in [0.4, 0.5) is 4.79 Å². The molecule has 1 amide bonds. The number of ketones is 1. The molecule has 3 unspecified atom stereocenters. The van der Waals surface area contributed by atoms with Crippen molar-refractivity contribution in [3.05, 3.63) is 12.2 Å². The summed E-state index contributed by atoms with van der Waals surface area (Å²) in [5.41, 5.74) is -0.502. The Labute approximate surface area is 112 Å². The highest BCUT2D eigenvalue weighted by Crippen LogP contribution is 2.52. The smallest absolute Gasteiger partial charge is 0.407 e. The fourth-order valence-electron chi connectivity index (χ4n) is 3.02. The maximum absolute atomic E-state index is 11.9. The zero-order valence-corrected chi connectivity index (χ0v) is 11.2. The molecule has 2 rings (SSSR count). The van der Waals surface area contributed by atoms with Gasteiger partial charge in [0.25, 0.3) is 0 Å². The van der Waals surface area contributed by atoms with Crippen LogP contribution in [0.2, 0.25) is 0 Å². The third-order valence-electron chi connectivity index (χ3n) is 4.03. The van der Waals surface area contributed by atoms with Crippen LogP contribution >= 0.6 is 11.6 Å². The van der Waals surface area contributed by atoms with Crippen LogP contribution in [0.5, 0.6) is 0 Å². The quantitative estimate of drug-likeness (QED) is 0.616. The molecule has 0 radical (unpaired) electrons. The maximum atomic E-state index is 11.9. The van der Waals surface area contributed by atoms with E-state index in [4.69, 9.17) is 16.3 Å². The molecule has 1 fully saturated rings. The van der Waals surface area contributed by atoms with Crippen LogP contribution in [0.15, 0.2) is 12.2 Å². The minimum Gasteiger partial charge on any atom is -0.448 e. The van der Waals surface area contributed by atoms with Crippen molar-refractivity contribution in [3.63, 3.8) is 0 Å². The number of nitrogens with one attached hydrogen (secondary N) is 1. The Morgan fingerprint density at radius 1 is 1.50 bits per heavy atom. The number of ether oxygens (including phenoxy) is 1. The summed E-state index contributed by atoms with van der Waals surface area (Å²) < 4.78 is 5.18. The number of alkyl carbamates (subject to hydrolysis) is 1. The summed E-state index contributed by atoms with van der Waals surface area (Å²) in [5, 5.41) is 2.53. The topological polar surface area (TPSA) is 55.4 Å². The molecule has 2 bridgehead atoms. The van der Waals surface area contributed by atoms with Gasteiger partial charge in [-0.3, -0.25) is 4.79 Å². The molecule has 1 saturated carbocycles. The first-order chi connectivity index (χ1) is 8.58. The van der Waals surface area contributed by atoms with Crippen LogP contribution in [0, 0.1) is 17.3 Å². The highest BCUT2D eigenvalue weighted by Gasteiger charge is 2.52. The molecule has 18 heavy (non-hydrogen) atoms. The average molecular weight is 272 g/mol. The van der Waals surface area contributed by atoms with Gasteiger partial charge in [0.15, 0.2) is 0 Å². The number of carbonyl (C=O) groups excluding carboxylic acids is 2. The number of hydrogen-bond acceptors (Lipinski definition) is 3. The van der Waals surface area contributed by atoms with Crippen molar-refractivity contribution >= 4 is 23.5 Å². The molecule has 5 heteroatoms. The number of alkyl halides is 1. The largest absolute Gasteiger partial charge is 0.448 e. The highest BCUT2D eigenvalue weighted by molar-refractivity contribution is 6.18. The van der Waals surface area contributed by atoms with E-state index in [0.29, 0.717) is 18.3 Å². The number of hydrogen-bond donors (Lipinski definition) is 1. The van der Waals surface area contributed by atoms with E-state index >= 15 is 0 Å². The van der Waals surface area contributed by atoms with E-state index in [0.717, 1.165) is 12.8 Å². The number of allylic oxidation sites excluding steroid dienone is 2. The maximum Gasteiger partial charge on any atom is 0.407 e. The van der Waals surface area contributed by atoms with Crippen LogP contribution in [-0.4, -0.2) is 30.9 Å². The van der Waals surface area contributed by atoms with Gasteiger partial charge < -0.3 is 10.1 Å². The molecule has 2 aliphatic rings. The third kappa shape index (κ3) is 2.39. The van der Waals surface area contributed by atoms with Crippen molar-refractivity contribution in [2.75, 3.05) is 19.0 Å². The summed E-state index contributed by atoms with van der Waals surface area (Å²) in [4.78, 5) is 23.3. The zero-order chi connectivity index (χ0) is 13.2. The summed E-state index contributed by atoms with van der Waals surface area (Å²) in [6.45, 7) is 2.13. The second kappa shape index (κ2) is 5.31. The Morgan fingerprint density at radius 3 is 2.78 bits per heavy atom. The zero-order valence-electron chi connectivity index (χ0n) is 10.4. The van der Waals surface area contributed by atoms with Gasteiger partial charge in [-0.2, -0.15) is 0 Å². The lowest BCUT2D eigenvalue weighted by Crippen LogP contribution is -2.40. The summed E-state index contributed by atoms with van der Waals surface area (Å²) in [6, 6.07) is 0. The lowest BCUT2D eigenvalue weighted by Gasteiger charge is -2.32. The van der Waals surface area contributed by atoms with Gasteiger partial charge >= 0.3 is 6.09 Å². The van der Waals surface area contributed by atoms with Crippen LogP contribution in [0.3, 0.4) is 0 Å². The molecule has 0 heterocycles. The Bertz CT molecular complexity index is 382. The first kappa shape index (κ1) is 13.4. The summed E-state index contributed by atoms with van der Waals surface area (Å²) in [7, 11) is 0. The van der Waals surface area contributed by atoms with E-state index in [1.54, 1.807) is 6.92 Å². The van der Waals surface area contributed by atoms with E-state index < -0.39 is 11.5 Å². The Balaban J connectivity index is 1.94. The Hall–Kier alpha value is -1.03. The summed E-state index contributed by atoms with van der Waals surface area (Å²) in [5.74, 6) is 1.15. The molecule has 0 saturated heterocycles. The Morgan fingerprint density at radius 2 is 2.28 bits per heavy atom. The molecular formula is C13H18ClNO3. The molecule has 0 aromatic heterocycles. The predicted molar refractivity (Wildman–Crippen MR) is 68.5 cm³/mol. The van der Waals surface area contributed by atoms with Gasteiger partial charge in [-0.05, 0) is 31.6 Å². The van der Waals surface area contributed by atoms with Crippen LogP contribution < -0.4 is 5.32 Å². The van der Waals surface area contributed by atoms with Crippen LogP contribution in [0.1, 0.15) is 19.8 Å². The first-order valence-electron chi connectivity index (χ1n) is 6.24. The van der Waals surface area contributed by atoms with Gasteiger partial charge in [0.05, 0.1) is 5.41 Å². The number of amides is 1. The van der Waals surface area contributed by atoms with E-state index in [9.17, 15) is 9.59 Å². The third-order valence-corrected chi connectivity index (χ3v) is 4.22. The highest BCUT2D eigenvalue weighted by atomic mass is 35.5. The first-order valence-corrected chi connectivity index (χ1v) is 6.78. The van der Waals surface area contributed by atoms with Crippen LogP contribution in [0.25, 0.3) is 0 Å². The SMILES string of the molecule is CC(=O)C1(COC(=O)NCCCl)CC2C=CC1C2. The van der Waals surface area contributed by atoms with Crippen molar-refractivity contribution in [3.8, 4) is 0 Å². The van der Waals surface area contributed by atoms with Gasteiger partial charge in [-0.1, -0.05) is 12.2 Å². The summed E-state index contributed by atoms with van der Waals surface area (Å²) >= 11 is 5.47.